The molecule has 1 fully saturated rings. The Hall–Kier alpha value is -10.6. The molecule has 14 amide bonds. The van der Waals surface area contributed by atoms with Gasteiger partial charge in [-0.25, -0.2) is 24.0 Å². The molecule has 122 heavy (non-hydrogen) atoms. The molecule has 2 aliphatic heterocycles. The lowest BCUT2D eigenvalue weighted by molar-refractivity contribution is -0.154. The fourth-order valence-corrected chi connectivity index (χ4v) is 13.3. The zero-order valence-corrected chi connectivity index (χ0v) is 74.0. The highest BCUT2D eigenvalue weighted by atomic mass is 16.6. The molecule has 11 N–H and O–H groups in total. The summed E-state index contributed by atoms with van der Waals surface area (Å²) in [5.41, 5.74) is 7.76. The number of imide groups is 1. The molecule has 2 heterocycles. The third kappa shape index (κ3) is 37.8. The molecule has 680 valence electrons. The minimum atomic E-state index is -1.29. The van der Waals surface area contributed by atoms with Crippen molar-refractivity contribution in [3.63, 3.8) is 0 Å². The molecule has 0 bridgehead atoms. The molecule has 2 aliphatic rings. The molecular formula is C87H135N13O22. The van der Waals surface area contributed by atoms with E-state index in [1.165, 1.54) is 45.0 Å². The summed E-state index contributed by atoms with van der Waals surface area (Å²) in [6.45, 7) is 24.9. The average molecular weight is 1720 g/mol. The van der Waals surface area contributed by atoms with Gasteiger partial charge in [0.1, 0.15) is 54.7 Å². The van der Waals surface area contributed by atoms with Crippen LogP contribution in [0.1, 0.15) is 197 Å². The molecule has 2 aromatic carbocycles. The van der Waals surface area contributed by atoms with Crippen molar-refractivity contribution in [1.29, 1.82) is 0 Å². The molecular weight excluding hydrogens is 1580 g/mol. The van der Waals surface area contributed by atoms with Crippen molar-refractivity contribution in [3.05, 3.63) is 83.0 Å². The van der Waals surface area contributed by atoms with E-state index in [2.05, 4.69) is 47.9 Å². The summed E-state index contributed by atoms with van der Waals surface area (Å²) < 4.78 is 39.5. The Labute approximate surface area is 717 Å². The number of carbonyl (C=O) groups is 15. The minimum Gasteiger partial charge on any atom is -0.456 e. The second-order valence-corrected chi connectivity index (χ2v) is 32.0. The number of nitrogens with two attached hydrogens (primary N) is 1. The lowest BCUT2D eigenvalue weighted by Crippen LogP contribution is -2.57. The zero-order chi connectivity index (χ0) is 90.5. The van der Waals surface area contributed by atoms with E-state index in [0.29, 0.717) is 108 Å². The van der Waals surface area contributed by atoms with Gasteiger partial charge in [-0.1, -0.05) is 111 Å². The van der Waals surface area contributed by atoms with Crippen LogP contribution >= 0.6 is 0 Å². The van der Waals surface area contributed by atoms with Crippen LogP contribution in [0.25, 0.3) is 0 Å². The number of esters is 2. The first-order chi connectivity index (χ1) is 58.0. The van der Waals surface area contributed by atoms with Gasteiger partial charge in [0.25, 0.3) is 5.91 Å². The number of unbranched alkanes of at least 4 members (excludes halogenated alkanes) is 2. The van der Waals surface area contributed by atoms with Crippen molar-refractivity contribution in [2.24, 2.45) is 35.3 Å². The van der Waals surface area contributed by atoms with E-state index in [1.54, 1.807) is 70.2 Å². The average Bonchev–Trinajstić information content (AvgIpc) is 1.25. The van der Waals surface area contributed by atoms with E-state index >= 15 is 0 Å². The first kappa shape index (κ1) is 104. The van der Waals surface area contributed by atoms with E-state index in [1.807, 2.05) is 54.5 Å². The SMILES string of the molecule is C/C=C(\C)[C@H]1OC(=O)[C@@H](C)NC(=O)[C@H](C(C)CC)NC(=O)CN(C)C(=O)[C@@H](Cc2ccc(OC(=O)NCCCOCCOCCOCCCNC(=O)OCc3ccc(NC(=O)[C@H](CCCNC(N)=O)NC(=O)[C@@H](NC(=O)CCCCCN4C(=O)CC(CCC)C4=O)C(C)C)cc3)cc2)N(C)C(=O)[C@H](C)NC(=O)[C@@H](CC(C)C)OC(=O)/C(C)=C/CC[C@@H]1C. The number of amides is 14. The number of allylic oxidation sites excluding steroid dienone is 2. The summed E-state index contributed by atoms with van der Waals surface area (Å²) in [5.74, 6) is -7.93. The standard InChI is InChI=1S/C87H135N13O22/c1-16-26-64-51-72(103)100(81(64)109)42-21-19-20-30-70(101)96-73(55(6)7)78(106)95-67(29-23-39-89-85(88)113)76(104)94-65-35-31-63(32-36-65)53-119-86(114)90-40-24-43-116-45-47-118-48-46-117-44-25-41-91-87(115)120-66-37-33-62(34-38-66)50-68-82(110)98(14)52-71(102)97-74(56(8)17-2)79(107)93-61(13)84(112)122-75(57(9)18-3)58(10)27-22-28-59(11)83(111)121-69(49-54(4)5)77(105)92-60(12)80(108)99(68)15/h18,28,31-38,54-56,58,60-61,64,67-69,73-75H,16-17,19-27,29-30,39-53H2,1-15H3,(H,90,114)(H,91,115)(H,92,105)(H,93,107)(H,94,104)(H,95,106)(H,96,101)(H,97,102)(H3,88,89,113)/b57-18+,59-28+/t56?,58-,60-,61+,64?,67-,68+,69+,73-,74-,75+/m0/s1. The fourth-order valence-electron chi connectivity index (χ4n) is 13.3. The molecule has 2 aromatic rings. The third-order valence-electron chi connectivity index (χ3n) is 20.9. The fraction of sp³-hybridized carbons (Fsp3) is 0.644. The maximum absolute atomic E-state index is 14.7. The molecule has 0 aromatic heterocycles. The molecule has 0 aliphatic carbocycles. The lowest BCUT2D eigenvalue weighted by atomic mass is 9.93. The number of likely N-dealkylation sites (N-methyl/N-ethyl adjacent to an activating group) is 2. The van der Waals surface area contributed by atoms with E-state index < -0.39 is 132 Å². The van der Waals surface area contributed by atoms with Crippen LogP contribution in [-0.4, -0.2) is 239 Å². The number of primary amides is 1. The number of likely N-dealkylation sites (tertiary alicyclic amines) is 1. The van der Waals surface area contributed by atoms with Gasteiger partial charge >= 0.3 is 30.2 Å². The quantitative estimate of drug-likeness (QED) is 0.0107. The van der Waals surface area contributed by atoms with E-state index in [9.17, 15) is 71.9 Å². The lowest BCUT2D eigenvalue weighted by Gasteiger charge is -2.33. The number of hydrogen-bond donors (Lipinski definition) is 10. The Morgan fingerprint density at radius 3 is 1.90 bits per heavy atom. The van der Waals surface area contributed by atoms with Crippen molar-refractivity contribution in [2.45, 2.75) is 248 Å². The van der Waals surface area contributed by atoms with Crippen molar-refractivity contribution >= 4 is 94.9 Å². The third-order valence-corrected chi connectivity index (χ3v) is 20.9. The van der Waals surface area contributed by atoms with Gasteiger partial charge in [-0.2, -0.15) is 0 Å². The van der Waals surface area contributed by atoms with Crippen molar-refractivity contribution in [3.8, 4) is 5.75 Å². The predicted octanol–water partition coefficient (Wildman–Crippen LogP) is 6.86. The second kappa shape index (κ2) is 55.5. The van der Waals surface area contributed by atoms with Gasteiger partial charge < -0.3 is 96.5 Å². The molecule has 0 saturated carbocycles. The van der Waals surface area contributed by atoms with Gasteiger partial charge in [-0.05, 0) is 163 Å². The number of benzene rings is 2. The highest BCUT2D eigenvalue weighted by molar-refractivity contribution is 6.04. The highest BCUT2D eigenvalue weighted by Gasteiger charge is 2.40. The van der Waals surface area contributed by atoms with E-state index in [-0.39, 0.29) is 131 Å². The van der Waals surface area contributed by atoms with E-state index in [4.69, 9.17) is 38.9 Å². The smallest absolute Gasteiger partial charge is 0.412 e. The maximum Gasteiger partial charge on any atom is 0.412 e. The summed E-state index contributed by atoms with van der Waals surface area (Å²) in [5, 5.41) is 24.3. The molecule has 35 heteroatoms. The zero-order valence-electron chi connectivity index (χ0n) is 74.0. The number of hydrogen-bond acceptors (Lipinski definition) is 22. The highest BCUT2D eigenvalue weighted by Crippen LogP contribution is 2.27. The molecule has 1 saturated heterocycles. The van der Waals surface area contributed by atoms with Crippen LogP contribution in [-0.2, 0) is 99.0 Å². The van der Waals surface area contributed by atoms with Gasteiger partial charge in [0, 0.05) is 89.9 Å². The molecule has 0 spiro atoms. The summed E-state index contributed by atoms with van der Waals surface area (Å²) in [6.07, 6.45) is 6.24. The number of carbonyl (C=O) groups excluding carboxylic acids is 15. The van der Waals surface area contributed by atoms with Crippen LogP contribution in [0.4, 0.5) is 20.1 Å². The van der Waals surface area contributed by atoms with Crippen LogP contribution in [0.15, 0.2) is 71.8 Å². The number of cyclic esters (lactones) is 2. The Balaban J connectivity index is 1.18. The number of ether oxygens (including phenoxy) is 7. The van der Waals surface area contributed by atoms with Crippen LogP contribution in [0.3, 0.4) is 0 Å². The number of alkyl carbamates (subject to hydrolysis) is 1. The van der Waals surface area contributed by atoms with Gasteiger partial charge in [0.05, 0.1) is 33.0 Å². The first-order valence-corrected chi connectivity index (χ1v) is 42.7. The monoisotopic (exact) mass is 1710 g/mol. The second-order valence-electron chi connectivity index (χ2n) is 32.0. The molecule has 2 unspecified atom stereocenters. The molecule has 11 atom stereocenters. The van der Waals surface area contributed by atoms with Crippen molar-refractivity contribution in [2.75, 3.05) is 91.8 Å². The van der Waals surface area contributed by atoms with Crippen LogP contribution < -0.4 is 58.3 Å². The summed E-state index contributed by atoms with van der Waals surface area (Å²) in [7, 11) is 2.75. The van der Waals surface area contributed by atoms with Crippen LogP contribution in [0.5, 0.6) is 5.75 Å². The Bertz CT molecular complexity index is 3820. The van der Waals surface area contributed by atoms with Gasteiger partial charge in [0.2, 0.25) is 53.2 Å². The first-order valence-electron chi connectivity index (χ1n) is 42.7. The number of nitrogens with zero attached hydrogens (tertiary/aromatic N) is 3. The summed E-state index contributed by atoms with van der Waals surface area (Å²) >= 11 is 0. The number of rotatable bonds is 42. The van der Waals surface area contributed by atoms with Gasteiger partial charge in [0.15, 0.2) is 6.10 Å². The topological polar surface area (TPSA) is 465 Å². The summed E-state index contributed by atoms with van der Waals surface area (Å²) in [6, 6.07) is 5.15. The Kier molecular flexibility index (Phi) is 47.2. The largest absolute Gasteiger partial charge is 0.456 e. The van der Waals surface area contributed by atoms with Crippen molar-refractivity contribution < 1.29 is 105 Å². The van der Waals surface area contributed by atoms with E-state index in [0.717, 1.165) is 21.8 Å². The minimum absolute atomic E-state index is 0.0728. The Morgan fingerprint density at radius 1 is 0.680 bits per heavy atom. The van der Waals surface area contributed by atoms with Crippen LogP contribution in [0.2, 0.25) is 0 Å². The molecule has 4 rings (SSSR count). The Morgan fingerprint density at radius 2 is 1.30 bits per heavy atom. The summed E-state index contributed by atoms with van der Waals surface area (Å²) in [4.78, 5) is 204. The predicted molar refractivity (Wildman–Crippen MR) is 454 cm³/mol. The number of urea groups is 1. The van der Waals surface area contributed by atoms with Gasteiger partial charge in [-0.3, -0.25) is 52.8 Å². The maximum atomic E-state index is 14.7. The normalized spacial score (nSPS) is 20.9. The van der Waals surface area contributed by atoms with Gasteiger partial charge in [-0.15, -0.1) is 0 Å². The molecule has 0 radical (unpaired) electrons. The van der Waals surface area contributed by atoms with Crippen LogP contribution in [0, 0.1) is 29.6 Å². The molecule has 35 nitrogen and oxygen atoms in total. The van der Waals surface area contributed by atoms with Crippen molar-refractivity contribution in [1.82, 2.24) is 57.2 Å². The number of anilines is 1. The number of nitrogens with one attached hydrogen (secondary N) is 9.